The number of hydrogen-bond donors (Lipinski definition) is 2. The first-order valence-electron chi connectivity index (χ1n) is 9.53. The number of aliphatic hydroxyl groups is 1. The van der Waals surface area contributed by atoms with Gasteiger partial charge in [-0.1, -0.05) is 30.3 Å². The molecule has 7 heteroatoms. The largest absolute Gasteiger partial charge is 0.393 e. The summed E-state index contributed by atoms with van der Waals surface area (Å²) in [6.45, 7) is 1.09. The van der Waals surface area contributed by atoms with Crippen LogP contribution in [0.1, 0.15) is 23.2 Å². The van der Waals surface area contributed by atoms with E-state index in [2.05, 4.69) is 5.32 Å². The Morgan fingerprint density at radius 1 is 1.03 bits per heavy atom. The van der Waals surface area contributed by atoms with Crippen molar-refractivity contribution < 1.29 is 14.8 Å². The summed E-state index contributed by atoms with van der Waals surface area (Å²) in [6, 6.07) is 18.0. The van der Waals surface area contributed by atoms with Gasteiger partial charge in [0.2, 0.25) is 0 Å². The highest BCUT2D eigenvalue weighted by atomic mass is 16.6. The van der Waals surface area contributed by atoms with Crippen LogP contribution in [0.15, 0.2) is 60.7 Å². The van der Waals surface area contributed by atoms with Gasteiger partial charge in [0.25, 0.3) is 11.6 Å². The van der Waals surface area contributed by atoms with Crippen LogP contribution >= 0.6 is 0 Å². The zero-order valence-electron chi connectivity index (χ0n) is 15.7. The van der Waals surface area contributed by atoms with E-state index in [0.717, 1.165) is 10.8 Å². The van der Waals surface area contributed by atoms with Crippen molar-refractivity contribution in [1.82, 2.24) is 0 Å². The molecule has 0 aromatic heterocycles. The van der Waals surface area contributed by atoms with Gasteiger partial charge in [-0.25, -0.2) is 0 Å². The van der Waals surface area contributed by atoms with E-state index < -0.39 is 10.8 Å². The maximum absolute atomic E-state index is 12.7. The van der Waals surface area contributed by atoms with Gasteiger partial charge in [-0.2, -0.15) is 0 Å². The Bertz CT molecular complexity index is 1070. The lowest BCUT2D eigenvalue weighted by Crippen LogP contribution is -2.36. The maximum Gasteiger partial charge on any atom is 0.293 e. The van der Waals surface area contributed by atoms with Gasteiger partial charge in [0.1, 0.15) is 5.69 Å². The SMILES string of the molecule is O=C(Nc1ccc2ccccc2c1)c1ccc(N2CCC(O)CC2)c([N+](=O)[O-])c1. The molecule has 3 aromatic rings. The van der Waals surface area contributed by atoms with E-state index in [1.165, 1.54) is 6.07 Å². The van der Waals surface area contributed by atoms with Gasteiger partial charge in [0, 0.05) is 30.4 Å². The minimum atomic E-state index is -0.465. The number of hydrogen-bond acceptors (Lipinski definition) is 5. The van der Waals surface area contributed by atoms with Crippen molar-refractivity contribution in [3.8, 4) is 0 Å². The summed E-state index contributed by atoms with van der Waals surface area (Å²) in [7, 11) is 0. The highest BCUT2D eigenvalue weighted by Crippen LogP contribution is 2.31. The quantitative estimate of drug-likeness (QED) is 0.518. The van der Waals surface area contributed by atoms with Crippen LogP contribution in [0, 0.1) is 10.1 Å². The average molecular weight is 391 g/mol. The summed E-state index contributed by atoms with van der Waals surface area (Å²) >= 11 is 0. The molecule has 0 atom stereocenters. The van der Waals surface area contributed by atoms with E-state index >= 15 is 0 Å². The fraction of sp³-hybridized carbons (Fsp3) is 0.227. The first-order chi connectivity index (χ1) is 14.0. The molecule has 1 aliphatic heterocycles. The summed E-state index contributed by atoms with van der Waals surface area (Å²) in [5.41, 5.74) is 1.23. The Hall–Kier alpha value is -3.45. The molecule has 0 saturated carbocycles. The summed E-state index contributed by atoms with van der Waals surface area (Å²) in [4.78, 5) is 25.7. The molecule has 0 bridgehead atoms. The number of nitro groups is 1. The molecular weight excluding hydrogens is 370 g/mol. The summed E-state index contributed by atoms with van der Waals surface area (Å²) in [5, 5.41) is 26.1. The van der Waals surface area contributed by atoms with Crippen molar-refractivity contribution in [2.45, 2.75) is 18.9 Å². The lowest BCUT2D eigenvalue weighted by molar-refractivity contribution is -0.384. The number of aliphatic hydroxyl groups excluding tert-OH is 1. The van der Waals surface area contributed by atoms with E-state index in [-0.39, 0.29) is 17.4 Å². The summed E-state index contributed by atoms with van der Waals surface area (Å²) < 4.78 is 0. The van der Waals surface area contributed by atoms with Crippen LogP contribution in [0.25, 0.3) is 10.8 Å². The number of nitrogens with one attached hydrogen (secondary N) is 1. The van der Waals surface area contributed by atoms with Gasteiger partial charge in [-0.15, -0.1) is 0 Å². The Morgan fingerprint density at radius 2 is 1.76 bits per heavy atom. The van der Waals surface area contributed by atoms with E-state index in [4.69, 9.17) is 0 Å². The molecule has 1 aliphatic rings. The highest BCUT2D eigenvalue weighted by Gasteiger charge is 2.25. The standard InChI is InChI=1S/C22H21N3O4/c26-19-9-11-24(12-10-19)20-8-6-17(14-21(20)25(28)29)22(27)23-18-7-5-15-3-1-2-4-16(15)13-18/h1-8,13-14,19,26H,9-12H2,(H,23,27). The summed E-state index contributed by atoms with van der Waals surface area (Å²) in [5.74, 6) is -0.399. The number of fused-ring (bicyclic) bond motifs is 1. The molecule has 4 rings (SSSR count). The summed E-state index contributed by atoms with van der Waals surface area (Å²) in [6.07, 6.45) is 0.778. The average Bonchev–Trinajstić information content (AvgIpc) is 2.74. The first kappa shape index (κ1) is 18.9. The normalized spacial score (nSPS) is 14.7. The minimum absolute atomic E-state index is 0.104. The molecule has 0 unspecified atom stereocenters. The topological polar surface area (TPSA) is 95.7 Å². The number of benzene rings is 3. The van der Waals surface area contributed by atoms with Crippen molar-refractivity contribution in [1.29, 1.82) is 0 Å². The second-order valence-corrected chi connectivity index (χ2v) is 7.19. The third-order valence-electron chi connectivity index (χ3n) is 5.25. The van der Waals surface area contributed by atoms with Crippen LogP contribution in [0.3, 0.4) is 0 Å². The molecule has 29 heavy (non-hydrogen) atoms. The van der Waals surface area contributed by atoms with Crippen LogP contribution in [-0.2, 0) is 0 Å². The molecule has 1 heterocycles. The number of amides is 1. The van der Waals surface area contributed by atoms with Crippen LogP contribution in [0.2, 0.25) is 0 Å². The second-order valence-electron chi connectivity index (χ2n) is 7.19. The van der Waals surface area contributed by atoms with Gasteiger partial charge in [0.15, 0.2) is 0 Å². The molecule has 1 amide bonds. The molecule has 1 fully saturated rings. The fourth-order valence-electron chi connectivity index (χ4n) is 3.66. The van der Waals surface area contributed by atoms with Gasteiger partial charge in [0.05, 0.1) is 11.0 Å². The highest BCUT2D eigenvalue weighted by molar-refractivity contribution is 6.06. The minimum Gasteiger partial charge on any atom is -0.393 e. The van der Waals surface area contributed by atoms with Crippen molar-refractivity contribution >= 4 is 33.7 Å². The Kier molecular flexibility index (Phi) is 5.14. The Balaban J connectivity index is 1.57. The number of carbonyl (C=O) groups excluding carboxylic acids is 1. The van der Waals surface area contributed by atoms with E-state index in [9.17, 15) is 20.0 Å². The van der Waals surface area contributed by atoms with Gasteiger partial charge < -0.3 is 15.3 Å². The molecule has 1 saturated heterocycles. The van der Waals surface area contributed by atoms with Crippen molar-refractivity contribution in [2.75, 3.05) is 23.3 Å². The molecule has 0 spiro atoms. The lowest BCUT2D eigenvalue weighted by atomic mass is 10.1. The van der Waals surface area contributed by atoms with Gasteiger partial charge in [-0.3, -0.25) is 14.9 Å². The third-order valence-corrected chi connectivity index (χ3v) is 5.25. The van der Waals surface area contributed by atoms with E-state index in [1.54, 1.807) is 12.1 Å². The van der Waals surface area contributed by atoms with E-state index in [0.29, 0.717) is 37.3 Å². The number of anilines is 2. The van der Waals surface area contributed by atoms with Crippen LogP contribution in [0.4, 0.5) is 17.1 Å². The zero-order valence-corrected chi connectivity index (χ0v) is 15.7. The lowest BCUT2D eigenvalue weighted by Gasteiger charge is -2.31. The molecular formula is C22H21N3O4. The molecule has 0 aliphatic carbocycles. The van der Waals surface area contributed by atoms with Crippen molar-refractivity contribution in [3.63, 3.8) is 0 Å². The predicted molar refractivity (Wildman–Crippen MR) is 112 cm³/mol. The third kappa shape index (κ3) is 4.05. The fourth-order valence-corrected chi connectivity index (χ4v) is 3.66. The molecule has 3 aromatic carbocycles. The molecule has 7 nitrogen and oxygen atoms in total. The zero-order chi connectivity index (χ0) is 20.4. The molecule has 0 radical (unpaired) electrons. The Morgan fingerprint density at radius 3 is 2.48 bits per heavy atom. The van der Waals surface area contributed by atoms with Gasteiger partial charge in [-0.05, 0) is 47.9 Å². The second kappa shape index (κ2) is 7.89. The monoisotopic (exact) mass is 391 g/mol. The smallest absolute Gasteiger partial charge is 0.293 e. The van der Waals surface area contributed by atoms with Crippen LogP contribution in [-0.4, -0.2) is 35.1 Å². The van der Waals surface area contributed by atoms with Crippen molar-refractivity contribution in [2.24, 2.45) is 0 Å². The number of nitro benzene ring substituents is 1. The van der Waals surface area contributed by atoms with Gasteiger partial charge >= 0.3 is 0 Å². The number of nitrogens with zero attached hydrogens (tertiary/aromatic N) is 2. The number of rotatable bonds is 4. The molecule has 148 valence electrons. The van der Waals surface area contributed by atoms with Crippen LogP contribution in [0.5, 0.6) is 0 Å². The predicted octanol–water partition coefficient (Wildman–Crippen LogP) is 3.96. The Labute approximate surface area is 167 Å². The maximum atomic E-state index is 12.7. The van der Waals surface area contributed by atoms with Crippen LogP contribution < -0.4 is 10.2 Å². The number of piperidine rings is 1. The molecule has 2 N–H and O–H groups in total. The number of carbonyl (C=O) groups is 1. The first-order valence-corrected chi connectivity index (χ1v) is 9.53. The van der Waals surface area contributed by atoms with Crippen molar-refractivity contribution in [3.05, 3.63) is 76.3 Å². The van der Waals surface area contributed by atoms with E-state index in [1.807, 2.05) is 47.4 Å².